The first-order valence-corrected chi connectivity index (χ1v) is 13.2. The molecule has 2 amide bonds. The predicted octanol–water partition coefficient (Wildman–Crippen LogP) is 4.68. The molecule has 0 unspecified atom stereocenters. The molecule has 2 aliphatic rings. The molecule has 2 heterocycles. The van der Waals surface area contributed by atoms with Gasteiger partial charge in [-0.3, -0.25) is 14.4 Å². The maximum absolute atomic E-state index is 13.3. The van der Waals surface area contributed by atoms with Gasteiger partial charge < -0.3 is 24.7 Å². The third-order valence-corrected chi connectivity index (χ3v) is 7.49. The minimum absolute atomic E-state index is 0.0680. The van der Waals surface area contributed by atoms with Crippen molar-refractivity contribution in [1.82, 2.24) is 15.5 Å². The van der Waals surface area contributed by atoms with Gasteiger partial charge in [0.25, 0.3) is 5.91 Å². The second-order valence-corrected chi connectivity index (χ2v) is 11.6. The van der Waals surface area contributed by atoms with Gasteiger partial charge in [-0.05, 0) is 76.8 Å². The van der Waals surface area contributed by atoms with E-state index < -0.39 is 17.9 Å². The van der Waals surface area contributed by atoms with Crippen molar-refractivity contribution in [2.45, 2.75) is 70.1 Å². The maximum Gasteiger partial charge on any atom is 0.310 e. The topological polar surface area (TPSA) is 101 Å². The number of carbonyl (C=O) groups is 3. The molecule has 1 saturated carbocycles. The van der Waals surface area contributed by atoms with Crippen molar-refractivity contribution in [3.8, 4) is 11.3 Å². The van der Waals surface area contributed by atoms with Gasteiger partial charge in [0.1, 0.15) is 11.8 Å². The Hall–Kier alpha value is -2.55. The smallest absolute Gasteiger partial charge is 0.310 e. The van der Waals surface area contributed by atoms with Gasteiger partial charge in [-0.2, -0.15) is 0 Å². The Morgan fingerprint density at radius 3 is 2.57 bits per heavy atom. The fraction of sp³-hybridized carbons (Fsp3) is 0.519. The molecule has 10 heteroatoms. The summed E-state index contributed by atoms with van der Waals surface area (Å²) in [5.74, 6) is -0.955. The number of nitrogens with one attached hydrogen (secondary N) is 2. The minimum atomic E-state index is -0.695. The minimum Gasteiger partial charge on any atom is -0.469 e. The lowest BCUT2D eigenvalue weighted by Gasteiger charge is -2.41. The Bertz CT molecular complexity index is 1180. The van der Waals surface area contributed by atoms with Crippen molar-refractivity contribution in [3.05, 3.63) is 46.1 Å². The van der Waals surface area contributed by atoms with Crippen molar-refractivity contribution in [3.63, 3.8) is 0 Å². The SMILES string of the molecule is COC(=O)[C@@H]1C[C@H](NC(C)(C)C)CC[C@@H]1N1CC[C@H](NC(=O)c2ccc(-c3cc(Cl)ccc3Cl)o2)C1=O. The molecule has 0 spiro atoms. The van der Waals surface area contributed by atoms with Gasteiger partial charge in [0.15, 0.2) is 5.76 Å². The van der Waals surface area contributed by atoms with E-state index in [0.717, 1.165) is 6.42 Å². The highest BCUT2D eigenvalue weighted by Crippen LogP contribution is 2.34. The molecular formula is C27H33Cl2N3O5. The monoisotopic (exact) mass is 549 g/mol. The molecule has 1 saturated heterocycles. The lowest BCUT2D eigenvalue weighted by atomic mass is 9.80. The summed E-state index contributed by atoms with van der Waals surface area (Å²) in [4.78, 5) is 40.6. The molecular weight excluding hydrogens is 517 g/mol. The molecule has 1 aliphatic carbocycles. The number of hydrogen-bond donors (Lipinski definition) is 2. The highest BCUT2D eigenvalue weighted by Gasteiger charge is 2.45. The second kappa shape index (κ2) is 11.1. The summed E-state index contributed by atoms with van der Waals surface area (Å²) in [5.41, 5.74) is 0.489. The normalized spacial score (nSPS) is 24.3. The van der Waals surface area contributed by atoms with Gasteiger partial charge in [0, 0.05) is 34.8 Å². The molecule has 4 atom stereocenters. The van der Waals surface area contributed by atoms with Crippen LogP contribution in [0.5, 0.6) is 0 Å². The molecule has 1 aromatic carbocycles. The van der Waals surface area contributed by atoms with E-state index in [-0.39, 0.29) is 35.3 Å². The molecule has 37 heavy (non-hydrogen) atoms. The summed E-state index contributed by atoms with van der Waals surface area (Å²) in [7, 11) is 1.38. The Balaban J connectivity index is 1.42. The van der Waals surface area contributed by atoms with Crippen LogP contribution in [0.25, 0.3) is 11.3 Å². The zero-order valence-electron chi connectivity index (χ0n) is 21.5. The van der Waals surface area contributed by atoms with Crippen LogP contribution < -0.4 is 10.6 Å². The molecule has 0 bridgehead atoms. The van der Waals surface area contributed by atoms with Crippen LogP contribution in [0.1, 0.15) is 57.0 Å². The number of halogens is 2. The third-order valence-electron chi connectivity index (χ3n) is 6.92. The fourth-order valence-corrected chi connectivity index (χ4v) is 5.74. The number of hydrogen-bond acceptors (Lipinski definition) is 6. The number of nitrogens with zero attached hydrogens (tertiary/aromatic N) is 1. The summed E-state index contributed by atoms with van der Waals surface area (Å²) in [6.07, 6.45) is 2.57. The fourth-order valence-electron chi connectivity index (χ4n) is 5.36. The van der Waals surface area contributed by atoms with Crippen LogP contribution >= 0.6 is 23.2 Å². The summed E-state index contributed by atoms with van der Waals surface area (Å²) in [6.45, 7) is 6.74. The molecule has 2 N–H and O–H groups in total. The van der Waals surface area contributed by atoms with Crippen LogP contribution in [0, 0.1) is 5.92 Å². The number of esters is 1. The maximum atomic E-state index is 13.3. The number of rotatable bonds is 6. The van der Waals surface area contributed by atoms with Gasteiger partial charge >= 0.3 is 5.97 Å². The molecule has 2 fully saturated rings. The highest BCUT2D eigenvalue weighted by molar-refractivity contribution is 6.35. The van der Waals surface area contributed by atoms with E-state index in [2.05, 4.69) is 31.4 Å². The standard InChI is InChI=1S/C27H33Cl2N3O5/c1-27(2,3)31-16-6-8-21(18(14-16)26(35)36-4)32-12-11-20(25(32)34)30-24(33)23-10-9-22(37-23)17-13-15(28)5-7-19(17)29/h5,7,9-10,13,16,18,20-21,31H,6,8,11-12,14H2,1-4H3,(H,30,33)/t16-,18-,20+,21+/m1/s1. The number of furan rings is 1. The van der Waals surface area contributed by atoms with Gasteiger partial charge in [-0.1, -0.05) is 23.2 Å². The van der Waals surface area contributed by atoms with Crippen molar-refractivity contribution in [1.29, 1.82) is 0 Å². The Morgan fingerprint density at radius 2 is 1.86 bits per heavy atom. The summed E-state index contributed by atoms with van der Waals surface area (Å²) in [5, 5.41) is 7.30. The average molecular weight is 550 g/mol. The summed E-state index contributed by atoms with van der Waals surface area (Å²) in [6, 6.07) is 7.36. The van der Waals surface area contributed by atoms with Gasteiger partial charge in [0.2, 0.25) is 5.91 Å². The molecule has 0 radical (unpaired) electrons. The van der Waals surface area contributed by atoms with Crippen LogP contribution in [0.2, 0.25) is 10.0 Å². The predicted molar refractivity (Wildman–Crippen MR) is 142 cm³/mol. The van der Waals surface area contributed by atoms with Gasteiger partial charge in [0.05, 0.1) is 18.1 Å². The first-order valence-electron chi connectivity index (χ1n) is 12.5. The zero-order chi connectivity index (χ0) is 26.9. The number of amides is 2. The average Bonchev–Trinajstić information content (AvgIpc) is 3.47. The van der Waals surface area contributed by atoms with Crippen molar-refractivity contribution in [2.75, 3.05) is 13.7 Å². The number of carbonyl (C=O) groups excluding carboxylic acids is 3. The summed E-state index contributed by atoms with van der Waals surface area (Å²) >= 11 is 12.3. The number of benzene rings is 1. The van der Waals surface area contributed by atoms with Gasteiger partial charge in [-0.25, -0.2) is 0 Å². The molecule has 200 valence electrons. The second-order valence-electron chi connectivity index (χ2n) is 10.7. The largest absolute Gasteiger partial charge is 0.469 e. The van der Waals surface area contributed by atoms with E-state index in [9.17, 15) is 14.4 Å². The van der Waals surface area contributed by atoms with Crippen LogP contribution in [-0.4, -0.2) is 60.0 Å². The zero-order valence-corrected chi connectivity index (χ0v) is 23.0. The van der Waals surface area contributed by atoms with E-state index in [4.69, 9.17) is 32.4 Å². The number of ether oxygens (including phenoxy) is 1. The van der Waals surface area contributed by atoms with Crippen molar-refractivity contribution in [2.24, 2.45) is 5.92 Å². The lowest BCUT2D eigenvalue weighted by molar-refractivity contribution is -0.151. The van der Waals surface area contributed by atoms with E-state index in [1.807, 2.05) is 0 Å². The van der Waals surface area contributed by atoms with Crippen LogP contribution in [0.4, 0.5) is 0 Å². The van der Waals surface area contributed by atoms with Crippen molar-refractivity contribution < 1.29 is 23.5 Å². The number of likely N-dealkylation sites (tertiary alicyclic amines) is 1. The Kier molecular flexibility index (Phi) is 8.21. The molecule has 1 aromatic heterocycles. The first kappa shape index (κ1) is 27.5. The first-order chi connectivity index (χ1) is 17.5. The third kappa shape index (κ3) is 6.30. The molecule has 8 nitrogen and oxygen atoms in total. The molecule has 4 rings (SSSR count). The number of methoxy groups -OCH3 is 1. The van der Waals surface area contributed by atoms with Crippen LogP contribution in [-0.2, 0) is 14.3 Å². The van der Waals surface area contributed by atoms with Crippen molar-refractivity contribution >= 4 is 41.0 Å². The van der Waals surface area contributed by atoms with E-state index in [1.54, 1.807) is 29.2 Å². The van der Waals surface area contributed by atoms with E-state index >= 15 is 0 Å². The van der Waals surface area contributed by atoms with Crippen LogP contribution in [0.3, 0.4) is 0 Å². The van der Waals surface area contributed by atoms with Crippen LogP contribution in [0.15, 0.2) is 34.7 Å². The lowest BCUT2D eigenvalue weighted by Crippen LogP contribution is -2.55. The quantitative estimate of drug-likeness (QED) is 0.507. The molecule has 1 aliphatic heterocycles. The Labute approximate surface area is 227 Å². The van der Waals surface area contributed by atoms with Gasteiger partial charge in [-0.15, -0.1) is 0 Å². The highest BCUT2D eigenvalue weighted by atomic mass is 35.5. The Morgan fingerprint density at radius 1 is 1.11 bits per heavy atom. The molecule has 2 aromatic rings. The van der Waals surface area contributed by atoms with E-state index in [1.165, 1.54) is 13.2 Å². The summed E-state index contributed by atoms with van der Waals surface area (Å²) < 4.78 is 10.8. The van der Waals surface area contributed by atoms with E-state index in [0.29, 0.717) is 47.2 Å².